The third-order valence-electron chi connectivity index (χ3n) is 3.96. The number of methoxy groups -OCH3 is 1. The number of hydrogen-bond acceptors (Lipinski definition) is 5. The predicted molar refractivity (Wildman–Crippen MR) is 104 cm³/mol. The van der Waals surface area contributed by atoms with Gasteiger partial charge in [-0.1, -0.05) is 30.3 Å². The van der Waals surface area contributed by atoms with Gasteiger partial charge in [0.15, 0.2) is 0 Å². The molecule has 27 heavy (non-hydrogen) atoms. The van der Waals surface area contributed by atoms with Crippen LogP contribution in [0.4, 0.5) is 5.69 Å². The minimum atomic E-state index is -3.95. The van der Waals surface area contributed by atoms with E-state index in [4.69, 9.17) is 4.74 Å². The monoisotopic (exact) mass is 392 g/mol. The highest BCUT2D eigenvalue weighted by Gasteiger charge is 2.23. The molecule has 0 aliphatic carbocycles. The van der Waals surface area contributed by atoms with Crippen LogP contribution >= 0.6 is 0 Å². The maximum Gasteiger partial charge on any atom is 0.335 e. The standard InChI is InChI=1S/C19H24N2O5S/c1-13(12-26-3)21-27(24,25)18-11-16(19(22)23)9-10-17(18)20-14(2)15-7-5-4-6-8-15/h4-11,13-14,20-21H,12H2,1-3H3,(H,22,23)/t13-,14-/m0/s1. The number of carboxylic acids is 1. The fourth-order valence-electron chi connectivity index (χ4n) is 2.67. The fourth-order valence-corrected chi connectivity index (χ4v) is 4.09. The topological polar surface area (TPSA) is 105 Å². The van der Waals surface area contributed by atoms with Crippen LogP contribution in [0.5, 0.6) is 0 Å². The summed E-state index contributed by atoms with van der Waals surface area (Å²) < 4.78 is 33.1. The molecule has 0 saturated carbocycles. The molecule has 2 atom stereocenters. The second-order valence-corrected chi connectivity index (χ2v) is 7.95. The minimum absolute atomic E-state index is 0.104. The molecule has 2 rings (SSSR count). The summed E-state index contributed by atoms with van der Waals surface area (Å²) in [6, 6.07) is 12.9. The van der Waals surface area contributed by atoms with E-state index < -0.39 is 22.0 Å². The average molecular weight is 392 g/mol. The van der Waals surface area contributed by atoms with Gasteiger partial charge >= 0.3 is 5.97 Å². The number of carboxylic acid groups (broad SMARTS) is 1. The lowest BCUT2D eigenvalue weighted by atomic mass is 10.1. The summed E-state index contributed by atoms with van der Waals surface area (Å²) in [5, 5.41) is 12.4. The van der Waals surface area contributed by atoms with E-state index in [1.54, 1.807) is 6.92 Å². The highest BCUT2D eigenvalue weighted by atomic mass is 32.2. The molecule has 0 aromatic heterocycles. The molecule has 0 amide bonds. The van der Waals surface area contributed by atoms with Gasteiger partial charge in [0.05, 0.1) is 17.9 Å². The van der Waals surface area contributed by atoms with Crippen molar-refractivity contribution in [1.29, 1.82) is 0 Å². The molecule has 7 nitrogen and oxygen atoms in total. The van der Waals surface area contributed by atoms with Crippen LogP contribution in [0.3, 0.4) is 0 Å². The second kappa shape index (κ2) is 8.98. The Labute approximate surface area is 159 Å². The predicted octanol–water partition coefficient (Wildman–Crippen LogP) is 2.87. The fraction of sp³-hybridized carbons (Fsp3) is 0.316. The zero-order valence-corrected chi connectivity index (χ0v) is 16.3. The average Bonchev–Trinajstić information content (AvgIpc) is 2.62. The third kappa shape index (κ3) is 5.53. The van der Waals surface area contributed by atoms with Crippen molar-refractivity contribution in [2.45, 2.75) is 30.8 Å². The lowest BCUT2D eigenvalue weighted by Gasteiger charge is -2.20. The van der Waals surface area contributed by atoms with Gasteiger partial charge in [-0.15, -0.1) is 0 Å². The number of anilines is 1. The third-order valence-corrected chi connectivity index (χ3v) is 5.59. The summed E-state index contributed by atoms with van der Waals surface area (Å²) in [7, 11) is -2.48. The van der Waals surface area contributed by atoms with E-state index >= 15 is 0 Å². The molecule has 0 radical (unpaired) electrons. The van der Waals surface area contributed by atoms with E-state index in [2.05, 4.69) is 10.0 Å². The van der Waals surface area contributed by atoms with Gasteiger partial charge in [0.1, 0.15) is 4.90 Å². The molecule has 146 valence electrons. The van der Waals surface area contributed by atoms with Crippen LogP contribution in [-0.4, -0.2) is 39.3 Å². The summed E-state index contributed by atoms with van der Waals surface area (Å²) in [5.41, 5.74) is 1.20. The Morgan fingerprint density at radius 3 is 2.41 bits per heavy atom. The first-order valence-corrected chi connectivity index (χ1v) is 9.93. The van der Waals surface area contributed by atoms with Crippen molar-refractivity contribution in [3.8, 4) is 0 Å². The first-order valence-electron chi connectivity index (χ1n) is 8.44. The van der Waals surface area contributed by atoms with Crippen LogP contribution in [-0.2, 0) is 14.8 Å². The van der Waals surface area contributed by atoms with Gasteiger partial charge in [-0.3, -0.25) is 0 Å². The highest BCUT2D eigenvalue weighted by Crippen LogP contribution is 2.27. The molecule has 0 unspecified atom stereocenters. The molecule has 0 heterocycles. The van der Waals surface area contributed by atoms with Crippen LogP contribution in [0.1, 0.15) is 35.8 Å². The van der Waals surface area contributed by atoms with E-state index in [1.807, 2.05) is 37.3 Å². The van der Waals surface area contributed by atoms with E-state index in [9.17, 15) is 18.3 Å². The SMILES string of the molecule is COC[C@H](C)NS(=O)(=O)c1cc(C(=O)O)ccc1N[C@@H](C)c1ccccc1. The minimum Gasteiger partial charge on any atom is -0.478 e. The zero-order chi connectivity index (χ0) is 20.0. The maximum atomic E-state index is 12.8. The number of ether oxygens (including phenoxy) is 1. The summed E-state index contributed by atoms with van der Waals surface area (Å²) in [4.78, 5) is 11.2. The largest absolute Gasteiger partial charge is 0.478 e. The molecule has 2 aromatic rings. The lowest BCUT2D eigenvalue weighted by molar-refractivity contribution is 0.0696. The molecule has 8 heteroatoms. The van der Waals surface area contributed by atoms with E-state index in [0.717, 1.165) is 11.6 Å². The number of carbonyl (C=O) groups is 1. The van der Waals surface area contributed by atoms with Crippen LogP contribution in [0.25, 0.3) is 0 Å². The molecule has 0 fully saturated rings. The molecule has 0 bridgehead atoms. The molecule has 0 aliphatic rings. The number of hydrogen-bond donors (Lipinski definition) is 3. The molecule has 2 aromatic carbocycles. The Balaban J connectivity index is 2.41. The molecule has 0 spiro atoms. The Morgan fingerprint density at radius 1 is 1.15 bits per heavy atom. The highest BCUT2D eigenvalue weighted by molar-refractivity contribution is 7.89. The van der Waals surface area contributed by atoms with Gasteiger partial charge in [0.2, 0.25) is 10.0 Å². The number of sulfonamides is 1. The van der Waals surface area contributed by atoms with Gasteiger partial charge in [0, 0.05) is 19.2 Å². The number of nitrogens with one attached hydrogen (secondary N) is 2. The van der Waals surface area contributed by atoms with Crippen molar-refractivity contribution in [2.24, 2.45) is 0 Å². The Kier molecular flexibility index (Phi) is 6.95. The molecule has 0 aliphatic heterocycles. The van der Waals surface area contributed by atoms with Crippen molar-refractivity contribution < 1.29 is 23.1 Å². The molecular formula is C19H24N2O5S. The van der Waals surface area contributed by atoms with Crippen molar-refractivity contribution in [3.63, 3.8) is 0 Å². The number of rotatable bonds is 9. The Morgan fingerprint density at radius 2 is 1.81 bits per heavy atom. The Bertz CT molecular complexity index is 884. The lowest BCUT2D eigenvalue weighted by Crippen LogP contribution is -2.36. The zero-order valence-electron chi connectivity index (χ0n) is 15.5. The summed E-state index contributed by atoms with van der Waals surface area (Å²) in [6.07, 6.45) is 0. The van der Waals surface area contributed by atoms with Gasteiger partial charge in [-0.25, -0.2) is 17.9 Å². The van der Waals surface area contributed by atoms with Crippen LogP contribution in [0.15, 0.2) is 53.4 Å². The summed E-state index contributed by atoms with van der Waals surface area (Å²) >= 11 is 0. The van der Waals surface area contributed by atoms with Gasteiger partial charge < -0.3 is 15.2 Å². The first-order chi connectivity index (χ1) is 12.7. The maximum absolute atomic E-state index is 12.8. The molecular weight excluding hydrogens is 368 g/mol. The number of benzene rings is 2. The van der Waals surface area contributed by atoms with Crippen LogP contribution in [0, 0.1) is 0 Å². The summed E-state index contributed by atoms with van der Waals surface area (Å²) in [5.74, 6) is -1.20. The molecule has 3 N–H and O–H groups in total. The summed E-state index contributed by atoms with van der Waals surface area (Å²) in [6.45, 7) is 3.76. The second-order valence-electron chi connectivity index (χ2n) is 6.27. The van der Waals surface area contributed by atoms with Crippen molar-refractivity contribution in [1.82, 2.24) is 4.72 Å². The van der Waals surface area contributed by atoms with Gasteiger partial charge in [0.25, 0.3) is 0 Å². The first kappa shape index (κ1) is 20.9. The van der Waals surface area contributed by atoms with Crippen LogP contribution in [0.2, 0.25) is 0 Å². The van der Waals surface area contributed by atoms with Crippen molar-refractivity contribution in [2.75, 3.05) is 19.0 Å². The van der Waals surface area contributed by atoms with Crippen molar-refractivity contribution in [3.05, 3.63) is 59.7 Å². The van der Waals surface area contributed by atoms with Crippen molar-refractivity contribution >= 4 is 21.7 Å². The van der Waals surface area contributed by atoms with Gasteiger partial charge in [-0.2, -0.15) is 0 Å². The smallest absolute Gasteiger partial charge is 0.335 e. The Hall–Kier alpha value is -2.42. The van der Waals surface area contributed by atoms with Crippen LogP contribution < -0.4 is 10.0 Å². The van der Waals surface area contributed by atoms with E-state index in [0.29, 0.717) is 5.69 Å². The van der Waals surface area contributed by atoms with Gasteiger partial charge in [-0.05, 0) is 37.6 Å². The quantitative estimate of drug-likeness (QED) is 0.606. The van der Waals surface area contributed by atoms with E-state index in [-0.39, 0.29) is 23.1 Å². The molecule has 0 saturated heterocycles. The normalized spacial score (nSPS) is 13.7. The van der Waals surface area contributed by atoms with E-state index in [1.165, 1.54) is 19.2 Å². The number of aromatic carboxylic acids is 1.